The maximum absolute atomic E-state index is 13.5. The summed E-state index contributed by atoms with van der Waals surface area (Å²) in [5, 5.41) is 3.44. The number of hydrogen-bond donors (Lipinski definition) is 1. The van der Waals surface area contributed by atoms with Gasteiger partial charge in [-0.1, -0.05) is 53.6 Å². The largest absolute Gasteiger partial charge is 0.348 e. The summed E-state index contributed by atoms with van der Waals surface area (Å²) in [6.45, 7) is 7.29. The van der Waals surface area contributed by atoms with E-state index in [-0.39, 0.29) is 17.5 Å². The zero-order chi connectivity index (χ0) is 23.5. The molecule has 0 aliphatic rings. The van der Waals surface area contributed by atoms with Crippen molar-refractivity contribution in [3.05, 3.63) is 94.0 Å². The molecule has 168 valence electrons. The van der Waals surface area contributed by atoms with Gasteiger partial charge in [-0.05, 0) is 74.7 Å². The average molecular weight is 471 g/mol. The van der Waals surface area contributed by atoms with E-state index in [1.54, 1.807) is 43.3 Å². The van der Waals surface area contributed by atoms with Crippen LogP contribution in [0.4, 0.5) is 5.69 Å². The van der Waals surface area contributed by atoms with Gasteiger partial charge in [0.25, 0.3) is 10.0 Å². The van der Waals surface area contributed by atoms with Crippen molar-refractivity contribution in [3.63, 3.8) is 0 Å². The predicted molar refractivity (Wildman–Crippen MR) is 130 cm³/mol. The number of carbonyl (C=O) groups is 1. The molecule has 3 aromatic rings. The molecule has 0 fully saturated rings. The Morgan fingerprint density at radius 1 is 0.969 bits per heavy atom. The Morgan fingerprint density at radius 2 is 1.66 bits per heavy atom. The van der Waals surface area contributed by atoms with Crippen LogP contribution >= 0.6 is 11.6 Å². The number of halogens is 1. The van der Waals surface area contributed by atoms with Crippen molar-refractivity contribution >= 4 is 33.2 Å². The number of sulfonamides is 1. The van der Waals surface area contributed by atoms with Gasteiger partial charge in [0.05, 0.1) is 16.6 Å². The number of hydrogen-bond acceptors (Lipinski definition) is 3. The molecule has 0 aliphatic carbocycles. The summed E-state index contributed by atoms with van der Waals surface area (Å²) in [7, 11) is -3.97. The first-order valence-electron chi connectivity index (χ1n) is 10.3. The number of carbonyl (C=O) groups excluding carboxylic acids is 1. The molecule has 0 aliphatic heterocycles. The minimum atomic E-state index is -3.97. The molecule has 5 nitrogen and oxygen atoms in total. The van der Waals surface area contributed by atoms with Gasteiger partial charge in [0.2, 0.25) is 5.91 Å². The van der Waals surface area contributed by atoms with Crippen molar-refractivity contribution in [1.82, 2.24) is 5.32 Å². The van der Waals surface area contributed by atoms with Crippen LogP contribution in [-0.4, -0.2) is 20.9 Å². The van der Waals surface area contributed by atoms with Crippen molar-refractivity contribution < 1.29 is 13.2 Å². The van der Waals surface area contributed by atoms with Gasteiger partial charge in [-0.2, -0.15) is 0 Å². The Balaban J connectivity index is 1.94. The molecule has 3 rings (SSSR count). The van der Waals surface area contributed by atoms with Crippen LogP contribution in [0.3, 0.4) is 0 Å². The molecule has 0 radical (unpaired) electrons. The third kappa shape index (κ3) is 5.31. The summed E-state index contributed by atoms with van der Waals surface area (Å²) >= 11 is 6.08. The Bertz CT molecular complexity index is 1230. The topological polar surface area (TPSA) is 66.5 Å². The van der Waals surface area contributed by atoms with Crippen LogP contribution in [-0.2, 0) is 14.8 Å². The molecule has 0 bridgehead atoms. The van der Waals surface area contributed by atoms with Crippen molar-refractivity contribution in [2.75, 3.05) is 10.8 Å². The van der Waals surface area contributed by atoms with Crippen LogP contribution in [0.5, 0.6) is 0 Å². The number of rotatable bonds is 7. The van der Waals surface area contributed by atoms with E-state index < -0.39 is 15.9 Å². The first-order valence-corrected chi connectivity index (χ1v) is 12.1. The normalized spacial score (nSPS) is 12.3. The molecule has 0 spiro atoms. The highest BCUT2D eigenvalue weighted by molar-refractivity contribution is 7.92. The van der Waals surface area contributed by atoms with Gasteiger partial charge in [-0.15, -0.1) is 0 Å². The number of nitrogens with one attached hydrogen (secondary N) is 1. The molecule has 1 amide bonds. The summed E-state index contributed by atoms with van der Waals surface area (Å²) in [6.07, 6.45) is 0. The Labute approximate surface area is 195 Å². The summed E-state index contributed by atoms with van der Waals surface area (Å²) < 4.78 is 28.1. The maximum Gasteiger partial charge on any atom is 0.264 e. The van der Waals surface area contributed by atoms with Crippen LogP contribution < -0.4 is 9.62 Å². The first-order chi connectivity index (χ1) is 15.1. The molecular weight excluding hydrogens is 444 g/mol. The zero-order valence-corrected chi connectivity index (χ0v) is 20.2. The SMILES string of the molecule is Cc1ccc(C)c(C(C)NC(=O)CN(c2ccc(Cl)cc2C)S(=O)(=O)c2ccccc2)c1. The fourth-order valence-corrected chi connectivity index (χ4v) is 5.37. The molecule has 0 saturated carbocycles. The third-order valence-corrected chi connectivity index (χ3v) is 7.33. The van der Waals surface area contributed by atoms with Gasteiger partial charge in [0.1, 0.15) is 6.54 Å². The molecule has 0 heterocycles. The second-order valence-corrected chi connectivity index (χ2v) is 10.2. The Kier molecular flexibility index (Phi) is 7.26. The number of benzene rings is 3. The van der Waals surface area contributed by atoms with Gasteiger partial charge in [0, 0.05) is 5.02 Å². The summed E-state index contributed by atoms with van der Waals surface area (Å²) in [4.78, 5) is 13.1. The Hall–Kier alpha value is -2.83. The van der Waals surface area contributed by atoms with E-state index in [1.807, 2.05) is 39.0 Å². The third-order valence-electron chi connectivity index (χ3n) is 5.32. The second kappa shape index (κ2) is 9.76. The van der Waals surface area contributed by atoms with Crippen LogP contribution in [0.25, 0.3) is 0 Å². The molecule has 1 atom stereocenters. The minimum Gasteiger partial charge on any atom is -0.348 e. The highest BCUT2D eigenvalue weighted by Gasteiger charge is 2.28. The van der Waals surface area contributed by atoms with E-state index in [9.17, 15) is 13.2 Å². The van der Waals surface area contributed by atoms with Gasteiger partial charge in [-0.25, -0.2) is 8.42 Å². The summed E-state index contributed by atoms with van der Waals surface area (Å²) in [5.41, 5.74) is 4.22. The zero-order valence-electron chi connectivity index (χ0n) is 18.6. The molecule has 32 heavy (non-hydrogen) atoms. The maximum atomic E-state index is 13.5. The molecular formula is C25H27ClN2O3S. The molecule has 0 aromatic heterocycles. The smallest absolute Gasteiger partial charge is 0.264 e. The van der Waals surface area contributed by atoms with E-state index in [0.29, 0.717) is 16.3 Å². The lowest BCUT2D eigenvalue weighted by Gasteiger charge is -2.27. The fraction of sp³-hybridized carbons (Fsp3) is 0.240. The summed E-state index contributed by atoms with van der Waals surface area (Å²) in [6, 6.07) is 18.8. The summed E-state index contributed by atoms with van der Waals surface area (Å²) in [5.74, 6) is -0.396. The average Bonchev–Trinajstić information content (AvgIpc) is 2.74. The van der Waals surface area contributed by atoms with Crippen LogP contribution in [0.2, 0.25) is 5.02 Å². The van der Waals surface area contributed by atoms with Crippen LogP contribution in [0.15, 0.2) is 71.6 Å². The van der Waals surface area contributed by atoms with E-state index >= 15 is 0 Å². The standard InChI is InChI=1S/C25H27ClN2O3S/c1-17-10-11-18(2)23(14-17)20(4)27-25(29)16-28(24-13-12-21(26)15-19(24)3)32(30,31)22-8-6-5-7-9-22/h5-15,20H,16H2,1-4H3,(H,27,29). The van der Waals surface area contributed by atoms with Gasteiger partial charge < -0.3 is 5.32 Å². The van der Waals surface area contributed by atoms with Crippen LogP contribution in [0.1, 0.15) is 35.2 Å². The minimum absolute atomic E-state index is 0.115. The predicted octanol–water partition coefficient (Wildman–Crippen LogP) is 5.34. The van der Waals surface area contributed by atoms with Crippen molar-refractivity contribution in [3.8, 4) is 0 Å². The molecule has 0 saturated heterocycles. The number of amides is 1. The van der Waals surface area contributed by atoms with Gasteiger partial charge in [-0.3, -0.25) is 9.10 Å². The lowest BCUT2D eigenvalue weighted by atomic mass is 10.00. The quantitative estimate of drug-likeness (QED) is 0.507. The monoisotopic (exact) mass is 470 g/mol. The van der Waals surface area contributed by atoms with Crippen LogP contribution in [0, 0.1) is 20.8 Å². The van der Waals surface area contributed by atoms with E-state index in [0.717, 1.165) is 21.0 Å². The number of anilines is 1. The molecule has 1 N–H and O–H groups in total. The highest BCUT2D eigenvalue weighted by atomic mass is 35.5. The lowest BCUT2D eigenvalue weighted by Crippen LogP contribution is -2.42. The van der Waals surface area contributed by atoms with E-state index in [2.05, 4.69) is 5.32 Å². The number of aryl methyl sites for hydroxylation is 3. The second-order valence-electron chi connectivity index (χ2n) is 7.90. The molecule has 7 heteroatoms. The first kappa shape index (κ1) is 23.8. The lowest BCUT2D eigenvalue weighted by molar-refractivity contribution is -0.120. The van der Waals surface area contributed by atoms with Crippen molar-refractivity contribution in [2.45, 2.75) is 38.6 Å². The van der Waals surface area contributed by atoms with Gasteiger partial charge in [0.15, 0.2) is 0 Å². The van der Waals surface area contributed by atoms with Crippen molar-refractivity contribution in [1.29, 1.82) is 0 Å². The fourth-order valence-electron chi connectivity index (χ4n) is 3.64. The Morgan fingerprint density at radius 3 is 2.31 bits per heavy atom. The van der Waals surface area contributed by atoms with E-state index in [1.165, 1.54) is 12.1 Å². The number of nitrogens with zero attached hydrogens (tertiary/aromatic N) is 1. The molecule has 3 aromatic carbocycles. The van der Waals surface area contributed by atoms with Crippen molar-refractivity contribution in [2.24, 2.45) is 0 Å². The highest BCUT2D eigenvalue weighted by Crippen LogP contribution is 2.29. The molecule has 1 unspecified atom stereocenters. The van der Waals surface area contributed by atoms with Gasteiger partial charge >= 0.3 is 0 Å². The van der Waals surface area contributed by atoms with E-state index in [4.69, 9.17) is 11.6 Å².